The molecule has 0 saturated carbocycles. The lowest BCUT2D eigenvalue weighted by Gasteiger charge is -2.37. The summed E-state index contributed by atoms with van der Waals surface area (Å²) < 4.78 is 0. The minimum Gasteiger partial charge on any atom is -0.389 e. The Kier molecular flexibility index (Phi) is 4.09. The van der Waals surface area contributed by atoms with E-state index in [4.69, 9.17) is 18.0 Å². The summed E-state index contributed by atoms with van der Waals surface area (Å²) in [6.45, 7) is 6.79. The number of anilines is 1. The van der Waals surface area contributed by atoms with E-state index >= 15 is 0 Å². The second kappa shape index (κ2) is 5.85. The quantitative estimate of drug-likeness (QED) is 0.853. The van der Waals surface area contributed by atoms with Crippen molar-refractivity contribution < 1.29 is 0 Å². The van der Waals surface area contributed by atoms with Gasteiger partial charge in [-0.25, -0.2) is 0 Å². The summed E-state index contributed by atoms with van der Waals surface area (Å²) in [5.41, 5.74) is 8.13. The van der Waals surface area contributed by atoms with Crippen molar-refractivity contribution in [1.29, 1.82) is 0 Å². The van der Waals surface area contributed by atoms with Crippen molar-refractivity contribution in [2.24, 2.45) is 5.73 Å². The number of rotatable bonds is 2. The lowest BCUT2D eigenvalue weighted by Crippen LogP contribution is -2.40. The summed E-state index contributed by atoms with van der Waals surface area (Å²) in [5, 5.41) is 3.71. The molecular formula is C17H20N2S2. The number of hydrogen-bond acceptors (Lipinski definition) is 3. The van der Waals surface area contributed by atoms with E-state index in [1.807, 2.05) is 6.07 Å². The lowest BCUT2D eigenvalue weighted by atomic mass is 10.0. The molecule has 1 fully saturated rings. The van der Waals surface area contributed by atoms with Gasteiger partial charge in [-0.2, -0.15) is 11.8 Å². The van der Waals surface area contributed by atoms with Crippen molar-refractivity contribution in [2.75, 3.05) is 18.0 Å². The highest BCUT2D eigenvalue weighted by Crippen LogP contribution is 2.34. The summed E-state index contributed by atoms with van der Waals surface area (Å²) in [4.78, 5) is 2.96. The Morgan fingerprint density at radius 2 is 1.71 bits per heavy atom. The molecule has 1 heterocycles. The maximum atomic E-state index is 5.87. The van der Waals surface area contributed by atoms with Crippen LogP contribution in [0, 0.1) is 0 Å². The Morgan fingerprint density at radius 3 is 2.33 bits per heavy atom. The Hall–Kier alpha value is -1.26. The minimum atomic E-state index is 0.466. The maximum Gasteiger partial charge on any atom is 0.104 e. The van der Waals surface area contributed by atoms with Gasteiger partial charge in [0.2, 0.25) is 0 Å². The van der Waals surface area contributed by atoms with Gasteiger partial charge in [0.15, 0.2) is 0 Å². The second-order valence-corrected chi connectivity index (χ2v) is 8.03. The highest BCUT2D eigenvalue weighted by molar-refractivity contribution is 8.00. The summed E-state index contributed by atoms with van der Waals surface area (Å²) in [6.07, 6.45) is 0. The van der Waals surface area contributed by atoms with Gasteiger partial charge in [-0.15, -0.1) is 0 Å². The van der Waals surface area contributed by atoms with Crippen LogP contribution in [0.25, 0.3) is 10.8 Å². The van der Waals surface area contributed by atoms with E-state index in [2.05, 4.69) is 60.8 Å². The van der Waals surface area contributed by atoms with Gasteiger partial charge in [-0.05, 0) is 17.5 Å². The number of hydrogen-bond donors (Lipinski definition) is 1. The zero-order valence-corrected chi connectivity index (χ0v) is 14.0. The van der Waals surface area contributed by atoms with Crippen LogP contribution < -0.4 is 10.6 Å². The van der Waals surface area contributed by atoms with Crippen molar-refractivity contribution in [1.82, 2.24) is 0 Å². The average molecular weight is 316 g/mol. The van der Waals surface area contributed by atoms with Crippen LogP contribution in [0.4, 0.5) is 5.69 Å². The van der Waals surface area contributed by atoms with Crippen LogP contribution in [0.3, 0.4) is 0 Å². The van der Waals surface area contributed by atoms with E-state index in [0.29, 0.717) is 15.5 Å². The third-order valence-electron chi connectivity index (χ3n) is 3.93. The van der Waals surface area contributed by atoms with Gasteiger partial charge in [0.25, 0.3) is 0 Å². The Morgan fingerprint density at radius 1 is 1.10 bits per heavy atom. The van der Waals surface area contributed by atoms with Crippen LogP contribution in [0.2, 0.25) is 0 Å². The summed E-state index contributed by atoms with van der Waals surface area (Å²) >= 11 is 7.26. The van der Waals surface area contributed by atoms with Gasteiger partial charge in [-0.3, -0.25) is 0 Å². The highest BCUT2D eigenvalue weighted by Gasteiger charge is 2.23. The molecule has 1 saturated heterocycles. The van der Waals surface area contributed by atoms with E-state index in [0.717, 1.165) is 24.0 Å². The van der Waals surface area contributed by atoms with Gasteiger partial charge in [0, 0.05) is 40.2 Å². The first-order chi connectivity index (χ1) is 10.1. The number of fused-ring (bicyclic) bond motifs is 1. The van der Waals surface area contributed by atoms with Gasteiger partial charge in [0.1, 0.15) is 4.99 Å². The molecule has 3 rings (SSSR count). The van der Waals surface area contributed by atoms with Crippen molar-refractivity contribution in [3.05, 3.63) is 42.0 Å². The molecule has 21 heavy (non-hydrogen) atoms. The van der Waals surface area contributed by atoms with Gasteiger partial charge >= 0.3 is 0 Å². The standard InChI is InChI=1S/C17H20N2S2/c1-11-9-19(10-12(2)21-11)16-8-7-15(17(18)20)13-5-3-4-6-14(13)16/h3-8,11-12H,9-10H2,1-2H3,(H2,18,20). The summed E-state index contributed by atoms with van der Waals surface area (Å²) in [7, 11) is 0. The van der Waals surface area contributed by atoms with E-state index in [-0.39, 0.29) is 0 Å². The van der Waals surface area contributed by atoms with E-state index in [9.17, 15) is 0 Å². The van der Waals surface area contributed by atoms with Crippen molar-refractivity contribution >= 4 is 45.4 Å². The van der Waals surface area contributed by atoms with Crippen molar-refractivity contribution in [2.45, 2.75) is 24.3 Å². The largest absolute Gasteiger partial charge is 0.389 e. The lowest BCUT2D eigenvalue weighted by molar-refractivity contribution is 0.730. The Balaban J connectivity index is 2.11. The molecule has 2 unspecified atom stereocenters. The molecular weight excluding hydrogens is 296 g/mol. The SMILES string of the molecule is CC1CN(c2ccc(C(N)=S)c3ccccc23)CC(C)S1. The molecule has 0 spiro atoms. The Bertz CT molecular complexity index is 674. The first-order valence-electron chi connectivity index (χ1n) is 7.28. The molecule has 2 N–H and O–H groups in total. The van der Waals surface area contributed by atoms with Crippen molar-refractivity contribution in [3.8, 4) is 0 Å². The fourth-order valence-corrected chi connectivity index (χ4v) is 4.65. The second-order valence-electron chi connectivity index (χ2n) is 5.70. The van der Waals surface area contributed by atoms with Crippen LogP contribution in [0.15, 0.2) is 36.4 Å². The minimum absolute atomic E-state index is 0.466. The molecule has 2 nitrogen and oxygen atoms in total. The number of thioether (sulfide) groups is 1. The molecule has 1 aliphatic heterocycles. The predicted molar refractivity (Wildman–Crippen MR) is 98.6 cm³/mol. The zero-order chi connectivity index (χ0) is 15.0. The third kappa shape index (κ3) is 2.87. The molecule has 1 aliphatic rings. The molecule has 0 amide bonds. The molecule has 0 aliphatic carbocycles. The summed E-state index contributed by atoms with van der Waals surface area (Å²) in [5.74, 6) is 0. The molecule has 0 bridgehead atoms. The molecule has 2 aromatic carbocycles. The van der Waals surface area contributed by atoms with Gasteiger partial charge < -0.3 is 10.6 Å². The summed E-state index contributed by atoms with van der Waals surface area (Å²) in [6, 6.07) is 12.7. The maximum absolute atomic E-state index is 5.87. The predicted octanol–water partition coefficient (Wildman–Crippen LogP) is 3.80. The molecule has 2 aromatic rings. The van der Waals surface area contributed by atoms with Gasteiger partial charge in [-0.1, -0.05) is 50.3 Å². The molecule has 0 aromatic heterocycles. The molecule has 110 valence electrons. The van der Waals surface area contributed by atoms with Crippen molar-refractivity contribution in [3.63, 3.8) is 0 Å². The first kappa shape index (κ1) is 14.7. The molecule has 2 atom stereocenters. The number of benzene rings is 2. The average Bonchev–Trinajstić information content (AvgIpc) is 2.44. The first-order valence-corrected chi connectivity index (χ1v) is 8.63. The molecule has 0 radical (unpaired) electrons. The fraction of sp³-hybridized carbons (Fsp3) is 0.353. The van der Waals surface area contributed by atoms with Crippen LogP contribution >= 0.6 is 24.0 Å². The van der Waals surface area contributed by atoms with Crippen LogP contribution in [0.1, 0.15) is 19.4 Å². The topological polar surface area (TPSA) is 29.3 Å². The van der Waals surface area contributed by atoms with Crippen LogP contribution in [-0.2, 0) is 0 Å². The monoisotopic (exact) mass is 316 g/mol. The highest BCUT2D eigenvalue weighted by atomic mass is 32.2. The zero-order valence-electron chi connectivity index (χ0n) is 12.4. The van der Waals surface area contributed by atoms with E-state index in [1.165, 1.54) is 11.1 Å². The van der Waals surface area contributed by atoms with Crippen LogP contribution in [0.5, 0.6) is 0 Å². The Labute approximate surface area is 135 Å². The smallest absolute Gasteiger partial charge is 0.104 e. The number of nitrogens with zero attached hydrogens (tertiary/aromatic N) is 1. The molecule has 4 heteroatoms. The third-order valence-corrected chi connectivity index (χ3v) is 5.37. The van der Waals surface area contributed by atoms with Gasteiger partial charge in [0.05, 0.1) is 0 Å². The van der Waals surface area contributed by atoms with E-state index in [1.54, 1.807) is 0 Å². The normalized spacial score (nSPS) is 22.5. The number of nitrogens with two attached hydrogens (primary N) is 1. The van der Waals surface area contributed by atoms with Crippen LogP contribution in [-0.4, -0.2) is 28.6 Å². The fourth-order valence-electron chi connectivity index (χ4n) is 3.15. The van der Waals surface area contributed by atoms with E-state index < -0.39 is 0 Å². The number of thiocarbonyl (C=S) groups is 1.